The van der Waals surface area contributed by atoms with Crippen LogP contribution in [-0.4, -0.2) is 31.0 Å². The second-order valence-electron chi connectivity index (χ2n) is 4.95. The molecule has 0 aromatic carbocycles. The fourth-order valence-corrected chi connectivity index (χ4v) is 2.66. The Morgan fingerprint density at radius 2 is 2.00 bits per heavy atom. The van der Waals surface area contributed by atoms with Crippen molar-refractivity contribution in [3.8, 4) is 0 Å². The number of nitrogens with one attached hydrogen (secondary N) is 1. The molecule has 1 saturated heterocycles. The van der Waals surface area contributed by atoms with Gasteiger partial charge in [0.25, 0.3) is 0 Å². The molecule has 1 aliphatic heterocycles. The maximum Gasteiger partial charge on any atom is 0.233 e. The van der Waals surface area contributed by atoms with E-state index in [4.69, 9.17) is 0 Å². The van der Waals surface area contributed by atoms with Crippen molar-refractivity contribution in [1.82, 2.24) is 10.3 Å². The number of carbonyl (C=O) groups is 1. The Morgan fingerprint density at radius 3 is 2.56 bits per heavy atom. The molecule has 1 N–H and O–H groups in total. The zero-order valence-electron chi connectivity index (χ0n) is 11.1. The van der Waals surface area contributed by atoms with Crippen LogP contribution in [0.15, 0.2) is 24.5 Å². The summed E-state index contributed by atoms with van der Waals surface area (Å²) < 4.78 is 0. The Hall–Kier alpha value is -1.42. The first-order chi connectivity index (χ1) is 8.69. The van der Waals surface area contributed by atoms with Crippen molar-refractivity contribution in [2.45, 2.75) is 26.2 Å². The van der Waals surface area contributed by atoms with Crippen LogP contribution >= 0.6 is 0 Å². The van der Waals surface area contributed by atoms with Gasteiger partial charge in [0, 0.05) is 25.1 Å². The van der Waals surface area contributed by atoms with Gasteiger partial charge in [-0.1, -0.05) is 6.92 Å². The highest BCUT2D eigenvalue weighted by Crippen LogP contribution is 2.35. The molecule has 1 aliphatic rings. The van der Waals surface area contributed by atoms with E-state index in [9.17, 15) is 4.79 Å². The Balaban J connectivity index is 2.19. The van der Waals surface area contributed by atoms with E-state index in [-0.39, 0.29) is 11.3 Å². The molecule has 4 nitrogen and oxygen atoms in total. The van der Waals surface area contributed by atoms with Gasteiger partial charge in [0.05, 0.1) is 5.41 Å². The summed E-state index contributed by atoms with van der Waals surface area (Å²) in [6.45, 7) is 3.98. The van der Waals surface area contributed by atoms with E-state index >= 15 is 0 Å². The van der Waals surface area contributed by atoms with Crippen LogP contribution in [0.1, 0.15) is 26.2 Å². The maximum absolute atomic E-state index is 12.7. The quantitative estimate of drug-likeness (QED) is 0.886. The van der Waals surface area contributed by atoms with Crippen molar-refractivity contribution < 1.29 is 4.79 Å². The highest BCUT2D eigenvalue weighted by Gasteiger charge is 2.39. The van der Waals surface area contributed by atoms with Crippen molar-refractivity contribution in [3.63, 3.8) is 0 Å². The molecule has 98 valence electrons. The second-order valence-corrected chi connectivity index (χ2v) is 4.95. The molecule has 1 amide bonds. The number of amides is 1. The van der Waals surface area contributed by atoms with E-state index in [0.717, 1.165) is 38.0 Å². The summed E-state index contributed by atoms with van der Waals surface area (Å²) >= 11 is 0. The van der Waals surface area contributed by atoms with Crippen molar-refractivity contribution in [2.75, 3.05) is 25.0 Å². The summed E-state index contributed by atoms with van der Waals surface area (Å²) in [5.74, 6) is 0.234. The maximum atomic E-state index is 12.7. The number of rotatable bonds is 3. The summed E-state index contributed by atoms with van der Waals surface area (Å²) in [5, 5.41) is 3.33. The number of aromatic nitrogens is 1. The molecule has 0 bridgehead atoms. The van der Waals surface area contributed by atoms with Crippen molar-refractivity contribution in [3.05, 3.63) is 24.5 Å². The zero-order valence-corrected chi connectivity index (χ0v) is 11.1. The van der Waals surface area contributed by atoms with Gasteiger partial charge >= 0.3 is 0 Å². The lowest BCUT2D eigenvalue weighted by molar-refractivity contribution is -0.129. The van der Waals surface area contributed by atoms with Gasteiger partial charge in [-0.2, -0.15) is 0 Å². The van der Waals surface area contributed by atoms with Gasteiger partial charge in [-0.3, -0.25) is 9.78 Å². The molecule has 2 rings (SSSR count). The van der Waals surface area contributed by atoms with E-state index in [1.807, 2.05) is 19.2 Å². The molecule has 18 heavy (non-hydrogen) atoms. The third-order valence-corrected chi connectivity index (χ3v) is 4.05. The molecule has 0 spiro atoms. The minimum absolute atomic E-state index is 0.191. The van der Waals surface area contributed by atoms with Crippen LogP contribution in [0, 0.1) is 5.41 Å². The fourth-order valence-electron chi connectivity index (χ4n) is 2.66. The van der Waals surface area contributed by atoms with E-state index in [0.29, 0.717) is 0 Å². The summed E-state index contributed by atoms with van der Waals surface area (Å²) in [7, 11) is 1.86. The minimum Gasteiger partial charge on any atom is -0.317 e. The number of pyridine rings is 1. The van der Waals surface area contributed by atoms with Gasteiger partial charge in [0.2, 0.25) is 5.91 Å². The molecule has 2 heterocycles. The summed E-state index contributed by atoms with van der Waals surface area (Å²) in [6, 6.07) is 3.75. The largest absolute Gasteiger partial charge is 0.317 e. The lowest BCUT2D eigenvalue weighted by Crippen LogP contribution is -2.48. The molecule has 0 radical (unpaired) electrons. The minimum atomic E-state index is -0.191. The van der Waals surface area contributed by atoms with Crippen molar-refractivity contribution in [1.29, 1.82) is 0 Å². The molecule has 1 aromatic rings. The van der Waals surface area contributed by atoms with Gasteiger partial charge in [-0.05, 0) is 44.5 Å². The van der Waals surface area contributed by atoms with Crippen LogP contribution in [0.5, 0.6) is 0 Å². The number of hydrogen-bond donors (Lipinski definition) is 1. The second kappa shape index (κ2) is 5.48. The molecule has 0 aliphatic carbocycles. The first kappa shape index (κ1) is 13.0. The van der Waals surface area contributed by atoms with E-state index in [1.165, 1.54) is 0 Å². The monoisotopic (exact) mass is 247 g/mol. The first-order valence-corrected chi connectivity index (χ1v) is 6.58. The summed E-state index contributed by atoms with van der Waals surface area (Å²) in [6.07, 6.45) is 6.21. The van der Waals surface area contributed by atoms with Crippen molar-refractivity contribution >= 4 is 11.6 Å². The Labute approximate surface area is 108 Å². The number of carbonyl (C=O) groups excluding carboxylic acids is 1. The topological polar surface area (TPSA) is 45.2 Å². The van der Waals surface area contributed by atoms with Gasteiger partial charge in [0.15, 0.2) is 0 Å². The van der Waals surface area contributed by atoms with Gasteiger partial charge in [-0.25, -0.2) is 0 Å². The molecule has 1 aromatic heterocycles. The summed E-state index contributed by atoms with van der Waals surface area (Å²) in [4.78, 5) is 18.5. The van der Waals surface area contributed by atoms with Crippen LogP contribution in [0.2, 0.25) is 0 Å². The predicted octanol–water partition coefficient (Wildman–Crippen LogP) is 1.82. The molecule has 0 saturated carbocycles. The van der Waals surface area contributed by atoms with Gasteiger partial charge in [-0.15, -0.1) is 0 Å². The Morgan fingerprint density at radius 1 is 1.39 bits per heavy atom. The highest BCUT2D eigenvalue weighted by molar-refractivity contribution is 5.97. The van der Waals surface area contributed by atoms with Gasteiger partial charge < -0.3 is 10.2 Å². The SMILES string of the molecule is CCC1(C(=O)N(C)c2ccncc2)CCNCC1. The number of anilines is 1. The molecular formula is C14H21N3O. The molecule has 4 heteroatoms. The van der Waals surface area contributed by atoms with Crippen LogP contribution < -0.4 is 10.2 Å². The highest BCUT2D eigenvalue weighted by atomic mass is 16.2. The number of nitrogens with zero attached hydrogens (tertiary/aromatic N) is 2. The third kappa shape index (κ3) is 2.38. The normalized spacial score (nSPS) is 18.3. The zero-order chi connectivity index (χ0) is 13.0. The Kier molecular flexibility index (Phi) is 3.97. The van der Waals surface area contributed by atoms with Crippen LogP contribution in [-0.2, 0) is 4.79 Å². The molecular weight excluding hydrogens is 226 g/mol. The standard InChI is InChI=1S/C14H21N3O/c1-3-14(6-10-16-11-7-14)13(18)17(2)12-4-8-15-9-5-12/h4-5,8-9,16H,3,6-7,10-11H2,1-2H3. The lowest BCUT2D eigenvalue weighted by Gasteiger charge is -2.38. The number of hydrogen-bond acceptors (Lipinski definition) is 3. The number of piperidine rings is 1. The smallest absolute Gasteiger partial charge is 0.233 e. The van der Waals surface area contributed by atoms with E-state index in [1.54, 1.807) is 17.3 Å². The average molecular weight is 247 g/mol. The average Bonchev–Trinajstić information content (AvgIpc) is 2.47. The molecule has 1 fully saturated rings. The predicted molar refractivity (Wildman–Crippen MR) is 72.5 cm³/mol. The van der Waals surface area contributed by atoms with Gasteiger partial charge in [0.1, 0.15) is 0 Å². The van der Waals surface area contributed by atoms with E-state index < -0.39 is 0 Å². The van der Waals surface area contributed by atoms with Crippen LogP contribution in [0.3, 0.4) is 0 Å². The lowest BCUT2D eigenvalue weighted by atomic mass is 9.75. The van der Waals surface area contributed by atoms with Crippen LogP contribution in [0.25, 0.3) is 0 Å². The molecule has 0 atom stereocenters. The van der Waals surface area contributed by atoms with E-state index in [2.05, 4.69) is 17.2 Å². The Bertz CT molecular complexity index is 399. The van der Waals surface area contributed by atoms with Crippen LogP contribution in [0.4, 0.5) is 5.69 Å². The van der Waals surface area contributed by atoms with Crippen molar-refractivity contribution in [2.24, 2.45) is 5.41 Å². The first-order valence-electron chi connectivity index (χ1n) is 6.58. The third-order valence-electron chi connectivity index (χ3n) is 4.05. The molecule has 0 unspecified atom stereocenters. The summed E-state index contributed by atoms with van der Waals surface area (Å²) in [5.41, 5.74) is 0.727. The fraction of sp³-hybridized carbons (Fsp3) is 0.571.